The van der Waals surface area contributed by atoms with Gasteiger partial charge in [-0.15, -0.1) is 0 Å². The second-order valence-corrected chi connectivity index (χ2v) is 13.3. The maximum atomic E-state index is 13.9. The number of fused-ring (bicyclic) bond motifs is 1. The van der Waals surface area contributed by atoms with Gasteiger partial charge in [-0.2, -0.15) is 0 Å². The first-order valence-electron chi connectivity index (χ1n) is 13.8. The molecule has 3 aromatic rings. The third kappa shape index (κ3) is 8.07. The third-order valence-electron chi connectivity index (χ3n) is 7.09. The van der Waals surface area contributed by atoms with Gasteiger partial charge in [0.2, 0.25) is 0 Å². The molecule has 0 fully saturated rings. The van der Waals surface area contributed by atoms with Gasteiger partial charge in [0.1, 0.15) is 13.2 Å². The standard InChI is InChI=1S/C31H37ClN3O6P/c1-21-9-6-7-10-25(21)30(36)33-24-13-14-26(22(2)19-24)31(37)34-16-8-11-29(27-20-23(32)12-15-28(27)34)41-42(38,39)40-18-17-35(3,4)5/h6-7,9-10,12-15,19-20,29H,8,11,16-18H2,1-5H3,(H-,33,36,37,38,39). The van der Waals surface area contributed by atoms with Crippen LogP contribution in [0.15, 0.2) is 60.7 Å². The van der Waals surface area contributed by atoms with Crippen molar-refractivity contribution in [3.8, 4) is 0 Å². The molecule has 3 aromatic carbocycles. The molecule has 0 bridgehead atoms. The van der Waals surface area contributed by atoms with Crippen molar-refractivity contribution in [2.45, 2.75) is 32.8 Å². The molecule has 2 atom stereocenters. The summed E-state index contributed by atoms with van der Waals surface area (Å²) in [4.78, 5) is 41.0. The molecule has 2 amide bonds. The first-order valence-corrected chi connectivity index (χ1v) is 15.6. The first kappa shape index (κ1) is 31.9. The second-order valence-electron chi connectivity index (χ2n) is 11.5. The van der Waals surface area contributed by atoms with Gasteiger partial charge in [0.25, 0.3) is 19.6 Å². The van der Waals surface area contributed by atoms with Gasteiger partial charge in [0.05, 0.1) is 27.2 Å². The summed E-state index contributed by atoms with van der Waals surface area (Å²) in [5.41, 5.74) is 4.18. The number of hydrogen-bond acceptors (Lipinski definition) is 6. The van der Waals surface area contributed by atoms with Crippen LogP contribution in [0, 0.1) is 13.8 Å². The minimum absolute atomic E-state index is 0.00923. The number of nitrogens with one attached hydrogen (secondary N) is 1. The lowest BCUT2D eigenvalue weighted by molar-refractivity contribution is -0.870. The van der Waals surface area contributed by atoms with E-state index in [2.05, 4.69) is 5.32 Å². The Morgan fingerprint density at radius 1 is 1.05 bits per heavy atom. The highest BCUT2D eigenvalue weighted by Crippen LogP contribution is 2.48. The molecule has 9 nitrogen and oxygen atoms in total. The summed E-state index contributed by atoms with van der Waals surface area (Å²) in [6.07, 6.45) is -0.0140. The lowest BCUT2D eigenvalue weighted by Crippen LogP contribution is -2.37. The number of rotatable bonds is 9. The Hall–Kier alpha value is -3.04. The van der Waals surface area contributed by atoms with Gasteiger partial charge in [-0.25, -0.2) is 0 Å². The van der Waals surface area contributed by atoms with Crippen LogP contribution in [0.25, 0.3) is 0 Å². The van der Waals surface area contributed by atoms with Crippen molar-refractivity contribution >= 4 is 42.6 Å². The molecule has 0 saturated carbocycles. The van der Waals surface area contributed by atoms with Crippen LogP contribution in [-0.4, -0.2) is 57.1 Å². The fourth-order valence-electron chi connectivity index (χ4n) is 4.83. The van der Waals surface area contributed by atoms with Crippen LogP contribution >= 0.6 is 19.4 Å². The molecule has 0 saturated heterocycles. The highest BCUT2D eigenvalue weighted by molar-refractivity contribution is 7.45. The van der Waals surface area contributed by atoms with E-state index < -0.39 is 13.9 Å². The van der Waals surface area contributed by atoms with Crippen LogP contribution < -0.4 is 15.1 Å². The fourth-order valence-corrected chi connectivity index (χ4v) is 5.90. The maximum absolute atomic E-state index is 13.9. The summed E-state index contributed by atoms with van der Waals surface area (Å²) in [6, 6.07) is 17.5. The number of phosphoric ester groups is 1. The van der Waals surface area contributed by atoms with E-state index in [9.17, 15) is 19.0 Å². The summed E-state index contributed by atoms with van der Waals surface area (Å²) in [7, 11) is 1.18. The zero-order chi connectivity index (χ0) is 30.7. The number of carbonyl (C=O) groups excluding carboxylic acids is 2. The topological polar surface area (TPSA) is 108 Å². The number of phosphoric acid groups is 1. The fraction of sp³-hybridized carbons (Fsp3) is 0.355. The monoisotopic (exact) mass is 613 g/mol. The quantitative estimate of drug-likeness (QED) is 0.238. The minimum atomic E-state index is -4.63. The predicted molar refractivity (Wildman–Crippen MR) is 163 cm³/mol. The van der Waals surface area contributed by atoms with E-state index in [1.54, 1.807) is 47.4 Å². The average molecular weight is 614 g/mol. The summed E-state index contributed by atoms with van der Waals surface area (Å²) >= 11 is 6.31. The molecule has 1 N–H and O–H groups in total. The Labute approximate surface area is 252 Å². The van der Waals surface area contributed by atoms with Gasteiger partial charge in [-0.05, 0) is 80.3 Å². The Bertz CT molecular complexity index is 1520. The van der Waals surface area contributed by atoms with E-state index in [4.69, 9.17) is 20.6 Å². The molecule has 11 heteroatoms. The van der Waals surface area contributed by atoms with E-state index in [0.717, 1.165) is 5.56 Å². The van der Waals surface area contributed by atoms with Crippen molar-refractivity contribution in [3.05, 3.63) is 93.5 Å². The minimum Gasteiger partial charge on any atom is -0.756 e. The number of nitrogens with zero attached hydrogens (tertiary/aromatic N) is 2. The Balaban J connectivity index is 1.55. The van der Waals surface area contributed by atoms with Crippen molar-refractivity contribution < 1.29 is 32.6 Å². The number of likely N-dealkylation sites (N-methyl/N-ethyl adjacent to an activating group) is 1. The molecule has 0 aromatic heterocycles. The molecular weight excluding hydrogens is 577 g/mol. The molecular formula is C31H37ClN3O6P. The summed E-state index contributed by atoms with van der Waals surface area (Å²) < 4.78 is 24.0. The van der Waals surface area contributed by atoms with E-state index in [1.807, 2.05) is 53.2 Å². The number of anilines is 2. The smallest absolute Gasteiger partial charge is 0.268 e. The molecule has 42 heavy (non-hydrogen) atoms. The number of quaternary nitrogens is 1. The average Bonchev–Trinajstić information content (AvgIpc) is 3.06. The van der Waals surface area contributed by atoms with E-state index in [0.29, 0.717) is 69.1 Å². The van der Waals surface area contributed by atoms with Crippen LogP contribution in [0.4, 0.5) is 11.4 Å². The molecule has 2 unspecified atom stereocenters. The first-order chi connectivity index (χ1) is 19.7. The van der Waals surface area contributed by atoms with E-state index in [1.165, 1.54) is 0 Å². The van der Waals surface area contributed by atoms with Gasteiger partial charge in [-0.3, -0.25) is 14.2 Å². The van der Waals surface area contributed by atoms with Crippen molar-refractivity contribution in [3.63, 3.8) is 0 Å². The molecule has 1 aliphatic heterocycles. The SMILES string of the molecule is Cc1ccccc1C(=O)Nc1ccc(C(=O)N2CCCC(OP(=O)([O-])OCC[N+](C)(C)C)c3cc(Cl)ccc32)c(C)c1. The van der Waals surface area contributed by atoms with Gasteiger partial charge in [-0.1, -0.05) is 29.8 Å². The van der Waals surface area contributed by atoms with E-state index in [-0.39, 0.29) is 18.4 Å². The number of hydrogen-bond donors (Lipinski definition) is 1. The normalized spacial score (nSPS) is 16.7. The third-order valence-corrected chi connectivity index (χ3v) is 8.34. The summed E-state index contributed by atoms with van der Waals surface area (Å²) in [6.45, 7) is 4.51. The van der Waals surface area contributed by atoms with Gasteiger partial charge in [0.15, 0.2) is 0 Å². The number of aryl methyl sites for hydroxylation is 2. The number of benzene rings is 3. The maximum Gasteiger partial charge on any atom is 0.268 e. The van der Waals surface area contributed by atoms with Crippen molar-refractivity contribution in [2.75, 3.05) is 51.1 Å². The van der Waals surface area contributed by atoms with E-state index >= 15 is 0 Å². The number of carbonyl (C=O) groups is 2. The Morgan fingerprint density at radius 2 is 1.79 bits per heavy atom. The summed E-state index contributed by atoms with van der Waals surface area (Å²) in [5, 5.41) is 3.30. The highest BCUT2D eigenvalue weighted by Gasteiger charge is 2.31. The molecule has 4 rings (SSSR count). The zero-order valence-corrected chi connectivity index (χ0v) is 26.2. The molecule has 1 heterocycles. The predicted octanol–water partition coefficient (Wildman–Crippen LogP) is 5.90. The van der Waals surface area contributed by atoms with Crippen LogP contribution in [0.2, 0.25) is 5.02 Å². The van der Waals surface area contributed by atoms with Gasteiger partial charge >= 0.3 is 0 Å². The lowest BCUT2D eigenvalue weighted by Gasteiger charge is -2.30. The molecule has 1 aliphatic rings. The molecule has 0 aliphatic carbocycles. The van der Waals surface area contributed by atoms with Crippen molar-refractivity contribution in [1.82, 2.24) is 0 Å². The van der Waals surface area contributed by atoms with Crippen molar-refractivity contribution in [2.24, 2.45) is 0 Å². The highest BCUT2D eigenvalue weighted by atomic mass is 35.5. The van der Waals surface area contributed by atoms with Crippen LogP contribution in [0.5, 0.6) is 0 Å². The molecule has 224 valence electrons. The summed E-state index contributed by atoms with van der Waals surface area (Å²) in [5.74, 6) is -0.480. The Kier molecular flexibility index (Phi) is 9.93. The number of amides is 2. The number of halogens is 1. The van der Waals surface area contributed by atoms with Gasteiger partial charge < -0.3 is 28.6 Å². The molecule has 0 radical (unpaired) electrons. The lowest BCUT2D eigenvalue weighted by atomic mass is 10.0. The van der Waals surface area contributed by atoms with Crippen LogP contribution in [0.3, 0.4) is 0 Å². The van der Waals surface area contributed by atoms with Crippen LogP contribution in [-0.2, 0) is 13.6 Å². The van der Waals surface area contributed by atoms with Crippen LogP contribution in [0.1, 0.15) is 56.4 Å². The largest absolute Gasteiger partial charge is 0.756 e. The van der Waals surface area contributed by atoms with Gasteiger partial charge in [0, 0.05) is 39.6 Å². The Morgan fingerprint density at radius 3 is 2.48 bits per heavy atom. The van der Waals surface area contributed by atoms with Crippen molar-refractivity contribution in [1.29, 1.82) is 0 Å². The zero-order valence-electron chi connectivity index (χ0n) is 24.6. The second kappa shape index (κ2) is 13.1. The molecule has 0 spiro atoms.